The van der Waals surface area contributed by atoms with Gasteiger partial charge in [-0.15, -0.1) is 12.4 Å². The SMILES string of the molecule is CCCCCC(=O)N[C@@H](CCCN=C(N)N)C(=O)OCC.Cl. The number of esters is 1. The second-order valence-corrected chi connectivity index (χ2v) is 4.78. The molecule has 0 aromatic rings. The Balaban J connectivity index is 0. The Labute approximate surface area is 138 Å². The van der Waals surface area contributed by atoms with Gasteiger partial charge < -0.3 is 21.5 Å². The van der Waals surface area contributed by atoms with E-state index in [1.165, 1.54) is 0 Å². The molecule has 0 radical (unpaired) electrons. The van der Waals surface area contributed by atoms with Crippen molar-refractivity contribution in [2.75, 3.05) is 13.2 Å². The molecule has 130 valence electrons. The summed E-state index contributed by atoms with van der Waals surface area (Å²) in [7, 11) is 0. The van der Waals surface area contributed by atoms with Gasteiger partial charge in [0, 0.05) is 13.0 Å². The van der Waals surface area contributed by atoms with Crippen LogP contribution >= 0.6 is 12.4 Å². The number of unbranched alkanes of at least 4 members (excludes halogenated alkanes) is 2. The highest BCUT2D eigenvalue weighted by Crippen LogP contribution is 2.04. The van der Waals surface area contributed by atoms with Crippen LogP contribution in [0.1, 0.15) is 52.4 Å². The number of carbonyl (C=O) groups is 2. The van der Waals surface area contributed by atoms with Crippen molar-refractivity contribution in [3.63, 3.8) is 0 Å². The Hall–Kier alpha value is -1.50. The molecule has 0 unspecified atom stereocenters. The molecule has 0 saturated heterocycles. The van der Waals surface area contributed by atoms with Crippen LogP contribution in [0.3, 0.4) is 0 Å². The summed E-state index contributed by atoms with van der Waals surface area (Å²) in [5.41, 5.74) is 10.5. The number of guanidine groups is 1. The quantitative estimate of drug-likeness (QED) is 0.226. The molecule has 0 saturated carbocycles. The number of nitrogens with one attached hydrogen (secondary N) is 1. The molecule has 7 nitrogen and oxygen atoms in total. The van der Waals surface area contributed by atoms with Gasteiger partial charge in [-0.1, -0.05) is 19.8 Å². The normalized spacial score (nSPS) is 11.0. The second kappa shape index (κ2) is 14.4. The van der Waals surface area contributed by atoms with Crippen molar-refractivity contribution in [1.29, 1.82) is 0 Å². The van der Waals surface area contributed by atoms with E-state index in [0.717, 1.165) is 19.3 Å². The third-order valence-electron chi connectivity index (χ3n) is 2.86. The maximum Gasteiger partial charge on any atom is 0.328 e. The summed E-state index contributed by atoms with van der Waals surface area (Å²) >= 11 is 0. The van der Waals surface area contributed by atoms with Gasteiger partial charge in [-0.05, 0) is 26.2 Å². The standard InChI is InChI=1S/C14H28N4O3.ClH/c1-3-5-6-9-12(19)18-11(13(20)21-4-2)8-7-10-17-14(15)16;/h11H,3-10H2,1-2H3,(H,18,19)(H4,15,16,17);1H/t11-;/m0./s1. The van der Waals surface area contributed by atoms with Crippen LogP contribution in [0.15, 0.2) is 4.99 Å². The zero-order chi connectivity index (χ0) is 16.1. The minimum absolute atomic E-state index is 0. The van der Waals surface area contributed by atoms with Crippen molar-refractivity contribution in [2.45, 2.75) is 58.4 Å². The fraction of sp³-hybridized carbons (Fsp3) is 0.786. The van der Waals surface area contributed by atoms with E-state index in [1.54, 1.807) is 6.92 Å². The van der Waals surface area contributed by atoms with Gasteiger partial charge in [0.1, 0.15) is 6.04 Å². The number of hydrogen-bond acceptors (Lipinski definition) is 4. The summed E-state index contributed by atoms with van der Waals surface area (Å²) in [6.07, 6.45) is 4.35. The number of hydrogen-bond donors (Lipinski definition) is 3. The van der Waals surface area contributed by atoms with E-state index in [1.807, 2.05) is 0 Å². The molecule has 0 aromatic carbocycles. The zero-order valence-corrected chi connectivity index (χ0v) is 14.3. The van der Waals surface area contributed by atoms with Crippen LogP contribution < -0.4 is 16.8 Å². The Morgan fingerprint density at radius 1 is 1.18 bits per heavy atom. The number of carbonyl (C=O) groups excluding carboxylic acids is 2. The summed E-state index contributed by atoms with van der Waals surface area (Å²) in [6, 6.07) is -0.631. The van der Waals surface area contributed by atoms with E-state index in [9.17, 15) is 9.59 Å². The monoisotopic (exact) mass is 336 g/mol. The minimum Gasteiger partial charge on any atom is -0.464 e. The van der Waals surface area contributed by atoms with Crippen molar-refractivity contribution >= 4 is 30.2 Å². The van der Waals surface area contributed by atoms with Crippen molar-refractivity contribution in [3.05, 3.63) is 0 Å². The molecule has 5 N–H and O–H groups in total. The predicted octanol–water partition coefficient (Wildman–Crippen LogP) is 1.09. The van der Waals surface area contributed by atoms with Gasteiger partial charge in [-0.2, -0.15) is 0 Å². The zero-order valence-electron chi connectivity index (χ0n) is 13.5. The van der Waals surface area contributed by atoms with Crippen LogP contribution in [0.25, 0.3) is 0 Å². The van der Waals surface area contributed by atoms with Gasteiger partial charge >= 0.3 is 5.97 Å². The predicted molar refractivity (Wildman–Crippen MR) is 89.9 cm³/mol. The van der Waals surface area contributed by atoms with Gasteiger partial charge in [0.2, 0.25) is 5.91 Å². The van der Waals surface area contributed by atoms with E-state index >= 15 is 0 Å². The average molecular weight is 337 g/mol. The van der Waals surface area contributed by atoms with E-state index in [2.05, 4.69) is 17.2 Å². The van der Waals surface area contributed by atoms with Crippen molar-refractivity contribution in [1.82, 2.24) is 5.32 Å². The third kappa shape index (κ3) is 12.3. The molecule has 0 heterocycles. The van der Waals surface area contributed by atoms with Crippen molar-refractivity contribution < 1.29 is 14.3 Å². The summed E-state index contributed by atoms with van der Waals surface area (Å²) in [5.74, 6) is -0.513. The average Bonchev–Trinajstić information content (AvgIpc) is 2.42. The molecular formula is C14H29ClN4O3. The smallest absolute Gasteiger partial charge is 0.328 e. The molecule has 0 aliphatic heterocycles. The molecule has 0 aliphatic carbocycles. The lowest BCUT2D eigenvalue weighted by Crippen LogP contribution is -2.42. The Morgan fingerprint density at radius 3 is 2.41 bits per heavy atom. The van der Waals surface area contributed by atoms with E-state index in [4.69, 9.17) is 16.2 Å². The fourth-order valence-electron chi connectivity index (χ4n) is 1.80. The van der Waals surface area contributed by atoms with Gasteiger partial charge in [0.25, 0.3) is 0 Å². The van der Waals surface area contributed by atoms with Crippen molar-refractivity contribution in [3.8, 4) is 0 Å². The van der Waals surface area contributed by atoms with Crippen LogP contribution in [-0.4, -0.2) is 37.0 Å². The van der Waals surface area contributed by atoms with Crippen LogP contribution in [0.5, 0.6) is 0 Å². The Kier molecular flexibility index (Phi) is 14.9. The Bertz CT molecular complexity index is 347. The molecule has 22 heavy (non-hydrogen) atoms. The first-order chi connectivity index (χ1) is 10.0. The summed E-state index contributed by atoms with van der Waals surface area (Å²) in [4.78, 5) is 27.5. The van der Waals surface area contributed by atoms with Gasteiger partial charge in [0.05, 0.1) is 6.61 Å². The highest BCUT2D eigenvalue weighted by Gasteiger charge is 2.21. The molecule has 0 spiro atoms. The maximum absolute atomic E-state index is 11.8. The topological polar surface area (TPSA) is 120 Å². The van der Waals surface area contributed by atoms with Crippen LogP contribution in [0.4, 0.5) is 0 Å². The van der Waals surface area contributed by atoms with Crippen molar-refractivity contribution in [2.24, 2.45) is 16.5 Å². The van der Waals surface area contributed by atoms with Crippen LogP contribution in [0.2, 0.25) is 0 Å². The number of aliphatic imine (C=N–C) groups is 1. The first kappa shape index (κ1) is 22.8. The number of rotatable bonds is 11. The molecule has 0 bridgehead atoms. The fourth-order valence-corrected chi connectivity index (χ4v) is 1.80. The Morgan fingerprint density at radius 2 is 1.86 bits per heavy atom. The maximum atomic E-state index is 11.8. The molecule has 1 atom stereocenters. The molecular weight excluding hydrogens is 308 g/mol. The largest absolute Gasteiger partial charge is 0.464 e. The molecule has 1 amide bonds. The van der Waals surface area contributed by atoms with Crippen LogP contribution in [0, 0.1) is 0 Å². The van der Waals surface area contributed by atoms with Crippen LogP contribution in [-0.2, 0) is 14.3 Å². The number of amides is 1. The highest BCUT2D eigenvalue weighted by molar-refractivity contribution is 5.85. The first-order valence-corrected chi connectivity index (χ1v) is 7.52. The first-order valence-electron chi connectivity index (χ1n) is 7.52. The van der Waals surface area contributed by atoms with Gasteiger partial charge in [0.15, 0.2) is 5.96 Å². The van der Waals surface area contributed by atoms with E-state index in [0.29, 0.717) is 25.8 Å². The van der Waals surface area contributed by atoms with Gasteiger partial charge in [-0.25, -0.2) is 4.79 Å². The molecule has 0 rings (SSSR count). The molecule has 0 aromatic heterocycles. The van der Waals surface area contributed by atoms with E-state index in [-0.39, 0.29) is 30.9 Å². The number of nitrogens with two attached hydrogens (primary N) is 2. The lowest BCUT2D eigenvalue weighted by Gasteiger charge is -2.17. The molecule has 0 fully saturated rings. The summed E-state index contributed by atoms with van der Waals surface area (Å²) in [6.45, 7) is 4.51. The second-order valence-electron chi connectivity index (χ2n) is 4.78. The lowest BCUT2D eigenvalue weighted by atomic mass is 10.1. The highest BCUT2D eigenvalue weighted by atomic mass is 35.5. The minimum atomic E-state index is -0.631. The third-order valence-corrected chi connectivity index (χ3v) is 2.86. The van der Waals surface area contributed by atoms with E-state index < -0.39 is 12.0 Å². The number of nitrogens with zero attached hydrogens (tertiary/aromatic N) is 1. The van der Waals surface area contributed by atoms with Gasteiger partial charge in [-0.3, -0.25) is 9.79 Å². The lowest BCUT2D eigenvalue weighted by molar-refractivity contribution is -0.147. The molecule has 8 heteroatoms. The molecule has 0 aliphatic rings. The summed E-state index contributed by atoms with van der Waals surface area (Å²) < 4.78 is 4.97. The summed E-state index contributed by atoms with van der Waals surface area (Å²) in [5, 5.41) is 2.72. The number of halogens is 1. The number of ether oxygens (including phenoxy) is 1.